The van der Waals surface area contributed by atoms with Crippen LogP contribution in [0.5, 0.6) is 0 Å². The normalized spacial score (nSPS) is 12.6. The fraction of sp³-hybridized carbons (Fsp3) is 0.250. The van der Waals surface area contributed by atoms with Gasteiger partial charge in [0.25, 0.3) is 0 Å². The Morgan fingerprint density at radius 1 is 1.15 bits per heavy atom. The molecule has 1 aromatic rings. The molecule has 0 atom stereocenters. The SMILES string of the molecule is CO[SiH2]c1ccc(C(F)(F)F)cc1. The van der Waals surface area contributed by atoms with Crippen LogP contribution < -0.4 is 5.19 Å². The van der Waals surface area contributed by atoms with E-state index in [1.165, 1.54) is 12.1 Å². The van der Waals surface area contributed by atoms with Crippen LogP contribution in [-0.4, -0.2) is 16.9 Å². The van der Waals surface area contributed by atoms with Gasteiger partial charge in [0.2, 0.25) is 0 Å². The molecule has 0 aliphatic rings. The maximum atomic E-state index is 12.1. The van der Waals surface area contributed by atoms with Crippen molar-refractivity contribution in [2.45, 2.75) is 6.18 Å². The minimum Gasteiger partial charge on any atom is -0.422 e. The molecule has 1 aromatic carbocycles. The largest absolute Gasteiger partial charge is 0.422 e. The number of alkyl halides is 3. The van der Waals surface area contributed by atoms with E-state index in [0.29, 0.717) is 0 Å². The highest BCUT2D eigenvalue weighted by Crippen LogP contribution is 2.28. The average Bonchev–Trinajstić information content (AvgIpc) is 2.04. The zero-order chi connectivity index (χ0) is 9.90. The first-order valence-corrected chi connectivity index (χ1v) is 4.97. The predicted octanol–water partition coefficient (Wildman–Crippen LogP) is 1.06. The highest BCUT2D eigenvalue weighted by molar-refractivity contribution is 6.46. The molecule has 0 saturated heterocycles. The van der Waals surface area contributed by atoms with Gasteiger partial charge in [-0.2, -0.15) is 13.2 Å². The second-order valence-corrected chi connectivity index (χ2v) is 4.31. The Labute approximate surface area is 76.5 Å². The number of hydrogen-bond donors (Lipinski definition) is 0. The highest BCUT2D eigenvalue weighted by atomic mass is 28.2. The molecule has 0 radical (unpaired) electrons. The molecular weight excluding hydrogens is 197 g/mol. The van der Waals surface area contributed by atoms with Gasteiger partial charge in [0.15, 0.2) is 9.76 Å². The zero-order valence-electron chi connectivity index (χ0n) is 7.06. The molecular formula is C8H9F3OSi. The molecule has 0 fully saturated rings. The van der Waals surface area contributed by atoms with E-state index in [1.807, 2.05) is 0 Å². The lowest BCUT2D eigenvalue weighted by Crippen LogP contribution is -2.16. The van der Waals surface area contributed by atoms with E-state index in [9.17, 15) is 13.2 Å². The van der Waals surface area contributed by atoms with Crippen molar-refractivity contribution in [3.63, 3.8) is 0 Å². The quantitative estimate of drug-likeness (QED) is 0.657. The second-order valence-electron chi connectivity index (χ2n) is 2.63. The molecule has 5 heteroatoms. The molecule has 72 valence electrons. The topological polar surface area (TPSA) is 9.23 Å². The Bertz CT molecular complexity index is 268. The lowest BCUT2D eigenvalue weighted by molar-refractivity contribution is -0.137. The van der Waals surface area contributed by atoms with Crippen LogP contribution in [0.15, 0.2) is 24.3 Å². The standard InChI is InChI=1S/C8H9F3OSi/c1-12-13-7-4-2-6(3-5-7)8(9,10)11/h2-5H,13H2,1H3. The van der Waals surface area contributed by atoms with Gasteiger partial charge in [-0.1, -0.05) is 24.3 Å². The van der Waals surface area contributed by atoms with Crippen LogP contribution >= 0.6 is 0 Å². The fourth-order valence-electron chi connectivity index (χ4n) is 0.957. The molecule has 0 N–H and O–H groups in total. The average molecular weight is 206 g/mol. The molecule has 0 aromatic heterocycles. The summed E-state index contributed by atoms with van der Waals surface area (Å²) in [6, 6.07) is 5.11. The molecule has 0 spiro atoms. The summed E-state index contributed by atoms with van der Waals surface area (Å²) in [5, 5.41) is 0.871. The van der Waals surface area contributed by atoms with E-state index in [4.69, 9.17) is 4.43 Å². The zero-order valence-corrected chi connectivity index (χ0v) is 8.47. The van der Waals surface area contributed by atoms with Gasteiger partial charge in [-0.15, -0.1) is 0 Å². The Morgan fingerprint density at radius 3 is 2.08 bits per heavy atom. The van der Waals surface area contributed by atoms with Gasteiger partial charge >= 0.3 is 6.18 Å². The molecule has 0 aliphatic heterocycles. The molecule has 1 nitrogen and oxygen atoms in total. The smallest absolute Gasteiger partial charge is 0.416 e. The third kappa shape index (κ3) is 2.85. The molecule has 13 heavy (non-hydrogen) atoms. The maximum Gasteiger partial charge on any atom is 0.416 e. The summed E-state index contributed by atoms with van der Waals surface area (Å²) >= 11 is 0. The second kappa shape index (κ2) is 3.93. The van der Waals surface area contributed by atoms with Crippen LogP contribution in [0.4, 0.5) is 13.2 Å². The van der Waals surface area contributed by atoms with Crippen molar-refractivity contribution in [2.24, 2.45) is 0 Å². The van der Waals surface area contributed by atoms with Crippen LogP contribution in [0, 0.1) is 0 Å². The molecule has 0 unspecified atom stereocenters. The Balaban J connectivity index is 2.81. The van der Waals surface area contributed by atoms with E-state index in [0.717, 1.165) is 17.3 Å². The van der Waals surface area contributed by atoms with Gasteiger partial charge in [0.1, 0.15) is 0 Å². The van der Waals surface area contributed by atoms with Crippen LogP contribution in [0.2, 0.25) is 0 Å². The van der Waals surface area contributed by atoms with Crippen molar-refractivity contribution in [3.05, 3.63) is 29.8 Å². The van der Waals surface area contributed by atoms with Crippen LogP contribution in [0.25, 0.3) is 0 Å². The van der Waals surface area contributed by atoms with Gasteiger partial charge in [-0.3, -0.25) is 0 Å². The van der Waals surface area contributed by atoms with Crippen LogP contribution in [0.3, 0.4) is 0 Å². The summed E-state index contributed by atoms with van der Waals surface area (Å²) in [7, 11) is 0.731. The molecule has 0 bridgehead atoms. The minimum atomic E-state index is -4.24. The third-order valence-corrected chi connectivity index (χ3v) is 2.69. The summed E-state index contributed by atoms with van der Waals surface area (Å²) in [6.45, 7) is 0. The summed E-state index contributed by atoms with van der Waals surface area (Å²) in [6.07, 6.45) is -4.24. The Morgan fingerprint density at radius 2 is 1.69 bits per heavy atom. The molecule has 1 rings (SSSR count). The number of hydrogen-bond acceptors (Lipinski definition) is 1. The van der Waals surface area contributed by atoms with Gasteiger partial charge in [-0.25, -0.2) is 0 Å². The van der Waals surface area contributed by atoms with Gasteiger partial charge in [0.05, 0.1) is 5.56 Å². The molecule has 0 aliphatic carbocycles. The summed E-state index contributed by atoms with van der Waals surface area (Å²) < 4.78 is 41.2. The van der Waals surface area contributed by atoms with Crippen molar-refractivity contribution >= 4 is 14.9 Å². The van der Waals surface area contributed by atoms with E-state index < -0.39 is 21.5 Å². The van der Waals surface area contributed by atoms with Crippen molar-refractivity contribution in [3.8, 4) is 0 Å². The van der Waals surface area contributed by atoms with E-state index in [2.05, 4.69) is 0 Å². The molecule has 0 saturated carbocycles. The third-order valence-electron chi connectivity index (χ3n) is 1.59. The van der Waals surface area contributed by atoms with E-state index in [-0.39, 0.29) is 0 Å². The van der Waals surface area contributed by atoms with Gasteiger partial charge in [0, 0.05) is 7.11 Å². The Hall–Kier alpha value is -0.813. The van der Waals surface area contributed by atoms with E-state index in [1.54, 1.807) is 7.11 Å². The van der Waals surface area contributed by atoms with Gasteiger partial charge in [-0.05, 0) is 5.19 Å². The lowest BCUT2D eigenvalue weighted by atomic mass is 10.2. The van der Waals surface area contributed by atoms with Crippen molar-refractivity contribution in [1.82, 2.24) is 0 Å². The Kier molecular flexibility index (Phi) is 3.10. The minimum absolute atomic E-state index is 0.610. The van der Waals surface area contributed by atoms with Crippen molar-refractivity contribution in [2.75, 3.05) is 7.11 Å². The fourth-order valence-corrected chi connectivity index (χ4v) is 1.72. The van der Waals surface area contributed by atoms with Crippen molar-refractivity contribution < 1.29 is 17.6 Å². The highest BCUT2D eigenvalue weighted by Gasteiger charge is 2.29. The van der Waals surface area contributed by atoms with Gasteiger partial charge < -0.3 is 4.43 Å². The van der Waals surface area contributed by atoms with Crippen molar-refractivity contribution in [1.29, 1.82) is 0 Å². The summed E-state index contributed by atoms with van der Waals surface area (Å²) in [5.74, 6) is 0. The first-order chi connectivity index (χ1) is 6.04. The van der Waals surface area contributed by atoms with E-state index >= 15 is 0 Å². The van der Waals surface area contributed by atoms with Crippen LogP contribution in [0.1, 0.15) is 5.56 Å². The number of halogens is 3. The predicted molar refractivity (Wildman–Crippen MR) is 46.6 cm³/mol. The number of rotatable bonds is 2. The monoisotopic (exact) mass is 206 g/mol. The number of benzene rings is 1. The lowest BCUT2D eigenvalue weighted by Gasteiger charge is -2.06. The molecule has 0 heterocycles. The maximum absolute atomic E-state index is 12.1. The summed E-state index contributed by atoms with van der Waals surface area (Å²) in [4.78, 5) is 0. The summed E-state index contributed by atoms with van der Waals surface area (Å²) in [5.41, 5.74) is -0.610. The molecule has 0 amide bonds. The first-order valence-electron chi connectivity index (χ1n) is 3.69. The first kappa shape index (κ1) is 10.3. The van der Waals surface area contributed by atoms with Crippen LogP contribution in [-0.2, 0) is 10.6 Å².